The number of amides is 2. The Morgan fingerprint density at radius 1 is 1.27 bits per heavy atom. The van der Waals surface area contributed by atoms with Gasteiger partial charge in [0, 0.05) is 13.6 Å². The molecule has 0 bridgehead atoms. The number of rotatable bonds is 5. The van der Waals surface area contributed by atoms with Crippen LogP contribution < -0.4 is 14.8 Å². The molecule has 2 saturated heterocycles. The third-order valence-electron chi connectivity index (χ3n) is 4.90. The Bertz CT molecular complexity index is 675. The number of hydrogen-bond acceptors (Lipinski definition) is 6. The van der Waals surface area contributed by atoms with Gasteiger partial charge in [-0.05, 0) is 19.2 Å². The molecule has 0 unspecified atom stereocenters. The third-order valence-corrected chi connectivity index (χ3v) is 4.90. The van der Waals surface area contributed by atoms with Crippen molar-refractivity contribution in [3.63, 3.8) is 0 Å². The SMILES string of the molecule is CNC(=O)[C@@H]1COC2(CN(C(=O)COc3ccccc3OC)C2)CN1C. The van der Waals surface area contributed by atoms with Crippen LogP contribution in [0.5, 0.6) is 11.5 Å². The molecule has 2 aliphatic rings. The number of nitrogens with zero attached hydrogens (tertiary/aromatic N) is 2. The van der Waals surface area contributed by atoms with Gasteiger partial charge in [0.25, 0.3) is 5.91 Å². The fourth-order valence-electron chi connectivity index (χ4n) is 3.42. The summed E-state index contributed by atoms with van der Waals surface area (Å²) in [5, 5.41) is 2.65. The van der Waals surface area contributed by atoms with Gasteiger partial charge >= 0.3 is 0 Å². The predicted octanol–water partition coefficient (Wildman–Crippen LogP) is -0.268. The zero-order chi connectivity index (χ0) is 18.7. The highest BCUT2D eigenvalue weighted by Crippen LogP contribution is 2.31. The van der Waals surface area contributed by atoms with E-state index in [0.29, 0.717) is 37.7 Å². The number of carbonyl (C=O) groups excluding carboxylic acids is 2. The molecular formula is C18H25N3O5. The molecule has 142 valence electrons. The second kappa shape index (κ2) is 7.51. The van der Waals surface area contributed by atoms with Crippen LogP contribution in [-0.2, 0) is 14.3 Å². The molecule has 0 aliphatic carbocycles. The van der Waals surface area contributed by atoms with Crippen LogP contribution in [0.15, 0.2) is 24.3 Å². The highest BCUT2D eigenvalue weighted by Gasteiger charge is 2.51. The third kappa shape index (κ3) is 3.61. The lowest BCUT2D eigenvalue weighted by Crippen LogP contribution is -2.73. The molecule has 8 nitrogen and oxygen atoms in total. The van der Waals surface area contributed by atoms with Crippen LogP contribution in [0.25, 0.3) is 0 Å². The van der Waals surface area contributed by atoms with E-state index in [0.717, 1.165) is 0 Å². The molecule has 0 saturated carbocycles. The number of para-hydroxylation sites is 2. The molecule has 0 aromatic heterocycles. The molecule has 26 heavy (non-hydrogen) atoms. The lowest BCUT2D eigenvalue weighted by Gasteiger charge is -2.54. The number of nitrogens with one attached hydrogen (secondary N) is 1. The van der Waals surface area contributed by atoms with Crippen LogP contribution in [0.1, 0.15) is 0 Å². The minimum absolute atomic E-state index is 0.0485. The maximum Gasteiger partial charge on any atom is 0.260 e. The number of methoxy groups -OCH3 is 1. The molecule has 2 fully saturated rings. The molecule has 2 heterocycles. The topological polar surface area (TPSA) is 80.3 Å². The number of likely N-dealkylation sites (tertiary alicyclic amines) is 1. The first-order valence-corrected chi connectivity index (χ1v) is 8.57. The Hall–Kier alpha value is -2.32. The second-order valence-corrected chi connectivity index (χ2v) is 6.73. The summed E-state index contributed by atoms with van der Waals surface area (Å²) in [6.07, 6.45) is 0. The first kappa shape index (κ1) is 18.5. The molecule has 1 aromatic rings. The largest absolute Gasteiger partial charge is 0.493 e. The van der Waals surface area contributed by atoms with Gasteiger partial charge in [-0.2, -0.15) is 0 Å². The lowest BCUT2D eigenvalue weighted by molar-refractivity contribution is -0.201. The van der Waals surface area contributed by atoms with Crippen molar-refractivity contribution < 1.29 is 23.8 Å². The standard InChI is InChI=1S/C18H25N3O5/c1-19-17(23)13-8-26-18(10-20(13)2)11-21(12-18)16(22)9-25-15-7-5-4-6-14(15)24-3/h4-7,13H,8-12H2,1-3H3,(H,19,23)/t13-/m0/s1. The Labute approximate surface area is 153 Å². The molecular weight excluding hydrogens is 338 g/mol. The van der Waals surface area contributed by atoms with Crippen LogP contribution in [0.3, 0.4) is 0 Å². The van der Waals surface area contributed by atoms with E-state index in [2.05, 4.69) is 5.32 Å². The molecule has 1 N–H and O–H groups in total. The van der Waals surface area contributed by atoms with E-state index in [1.807, 2.05) is 24.1 Å². The summed E-state index contributed by atoms with van der Waals surface area (Å²) in [6, 6.07) is 6.93. The summed E-state index contributed by atoms with van der Waals surface area (Å²) in [5.74, 6) is 0.986. The van der Waals surface area contributed by atoms with Gasteiger partial charge in [0.2, 0.25) is 5.91 Å². The monoisotopic (exact) mass is 363 g/mol. The Morgan fingerprint density at radius 3 is 2.58 bits per heavy atom. The number of hydrogen-bond donors (Lipinski definition) is 1. The average Bonchev–Trinajstić information content (AvgIpc) is 2.63. The van der Waals surface area contributed by atoms with E-state index in [-0.39, 0.29) is 30.1 Å². The van der Waals surface area contributed by atoms with Gasteiger partial charge in [0.1, 0.15) is 11.6 Å². The fraction of sp³-hybridized carbons (Fsp3) is 0.556. The first-order chi connectivity index (χ1) is 12.5. The van der Waals surface area contributed by atoms with Gasteiger partial charge in [-0.1, -0.05) is 12.1 Å². The van der Waals surface area contributed by atoms with Crippen molar-refractivity contribution in [1.82, 2.24) is 15.1 Å². The highest BCUT2D eigenvalue weighted by atomic mass is 16.5. The summed E-state index contributed by atoms with van der Waals surface area (Å²) in [4.78, 5) is 27.9. The van der Waals surface area contributed by atoms with E-state index >= 15 is 0 Å². The Morgan fingerprint density at radius 2 is 1.96 bits per heavy atom. The van der Waals surface area contributed by atoms with Crippen LogP contribution in [0.2, 0.25) is 0 Å². The number of carbonyl (C=O) groups is 2. The molecule has 1 atom stereocenters. The van der Waals surface area contributed by atoms with Crippen LogP contribution in [0.4, 0.5) is 0 Å². The number of likely N-dealkylation sites (N-methyl/N-ethyl adjacent to an activating group) is 2. The summed E-state index contributed by atoms with van der Waals surface area (Å²) in [5.41, 5.74) is -0.390. The Kier molecular flexibility index (Phi) is 5.33. The first-order valence-electron chi connectivity index (χ1n) is 8.57. The van der Waals surface area contributed by atoms with Crippen molar-refractivity contribution in [2.24, 2.45) is 0 Å². The zero-order valence-electron chi connectivity index (χ0n) is 15.4. The van der Waals surface area contributed by atoms with Crippen LogP contribution in [0, 0.1) is 0 Å². The smallest absolute Gasteiger partial charge is 0.260 e. The normalized spacial score (nSPS) is 21.8. The van der Waals surface area contributed by atoms with E-state index in [4.69, 9.17) is 14.2 Å². The van der Waals surface area contributed by atoms with Crippen molar-refractivity contribution in [2.75, 3.05) is 54.1 Å². The molecule has 1 aromatic carbocycles. The fourth-order valence-corrected chi connectivity index (χ4v) is 3.42. The quantitative estimate of drug-likeness (QED) is 0.776. The highest BCUT2D eigenvalue weighted by molar-refractivity contribution is 5.82. The van der Waals surface area contributed by atoms with Gasteiger partial charge in [0.05, 0.1) is 26.8 Å². The summed E-state index contributed by atoms with van der Waals surface area (Å²) in [6.45, 7) is 1.91. The molecule has 2 aliphatic heterocycles. The lowest BCUT2D eigenvalue weighted by atomic mass is 9.90. The predicted molar refractivity (Wildman–Crippen MR) is 94.2 cm³/mol. The average molecular weight is 363 g/mol. The molecule has 0 radical (unpaired) electrons. The van der Waals surface area contributed by atoms with E-state index in [9.17, 15) is 9.59 Å². The minimum Gasteiger partial charge on any atom is -0.493 e. The van der Waals surface area contributed by atoms with E-state index in [1.54, 1.807) is 31.2 Å². The van der Waals surface area contributed by atoms with Crippen molar-refractivity contribution in [1.29, 1.82) is 0 Å². The molecule has 3 rings (SSSR count). The van der Waals surface area contributed by atoms with Crippen LogP contribution in [-0.4, -0.2) is 87.3 Å². The van der Waals surface area contributed by atoms with Gasteiger partial charge < -0.3 is 24.4 Å². The van der Waals surface area contributed by atoms with E-state index in [1.165, 1.54) is 0 Å². The van der Waals surface area contributed by atoms with Crippen molar-refractivity contribution in [3.05, 3.63) is 24.3 Å². The van der Waals surface area contributed by atoms with Gasteiger partial charge in [-0.15, -0.1) is 0 Å². The second-order valence-electron chi connectivity index (χ2n) is 6.73. The summed E-state index contributed by atoms with van der Waals surface area (Å²) >= 11 is 0. The molecule has 8 heteroatoms. The molecule has 2 amide bonds. The van der Waals surface area contributed by atoms with Gasteiger partial charge in [-0.3, -0.25) is 14.5 Å². The maximum absolute atomic E-state index is 12.4. The number of ether oxygens (including phenoxy) is 3. The summed E-state index contributed by atoms with van der Waals surface area (Å²) < 4.78 is 16.7. The number of morpholine rings is 1. The number of benzene rings is 1. The maximum atomic E-state index is 12.4. The van der Waals surface area contributed by atoms with Crippen molar-refractivity contribution >= 4 is 11.8 Å². The molecule has 1 spiro atoms. The summed E-state index contributed by atoms with van der Waals surface area (Å²) in [7, 11) is 5.08. The van der Waals surface area contributed by atoms with E-state index < -0.39 is 0 Å². The zero-order valence-corrected chi connectivity index (χ0v) is 15.4. The van der Waals surface area contributed by atoms with Crippen molar-refractivity contribution in [2.45, 2.75) is 11.6 Å². The van der Waals surface area contributed by atoms with Crippen LogP contribution >= 0.6 is 0 Å². The van der Waals surface area contributed by atoms with Crippen molar-refractivity contribution in [3.8, 4) is 11.5 Å². The van der Waals surface area contributed by atoms with Gasteiger partial charge in [-0.25, -0.2) is 0 Å². The van der Waals surface area contributed by atoms with Gasteiger partial charge in [0.15, 0.2) is 18.1 Å². The Balaban J connectivity index is 1.49. The minimum atomic E-state index is -0.390.